The van der Waals surface area contributed by atoms with Gasteiger partial charge in [-0.15, -0.1) is 0 Å². The predicted octanol–water partition coefficient (Wildman–Crippen LogP) is 7.77. The molecule has 0 aromatic heterocycles. The fourth-order valence-corrected chi connectivity index (χ4v) is 5.28. The fraction of sp³-hybridized carbons (Fsp3) is 0.217. The molecule has 0 bridgehead atoms. The summed E-state index contributed by atoms with van der Waals surface area (Å²) in [5.41, 5.74) is 2.05. The van der Waals surface area contributed by atoms with Gasteiger partial charge in [-0.05, 0) is 101 Å². The second-order valence-corrected chi connectivity index (χ2v) is 10.5. The maximum Gasteiger partial charge on any atom is 0.330 e. The molecule has 0 radical (unpaired) electrons. The number of hydrogen-bond donors (Lipinski definition) is 4. The summed E-state index contributed by atoms with van der Waals surface area (Å²) in [6.45, 7) is 13.4. The van der Waals surface area contributed by atoms with Crippen LogP contribution in [0.5, 0.6) is 11.5 Å². The summed E-state index contributed by atoms with van der Waals surface area (Å²) in [5.74, 6) is -1.50. The molecule has 180 valence electrons. The van der Waals surface area contributed by atoms with Crippen molar-refractivity contribution in [3.05, 3.63) is 77.6 Å². The van der Waals surface area contributed by atoms with Crippen molar-refractivity contribution in [2.75, 3.05) is 0 Å². The zero-order valence-corrected chi connectivity index (χ0v) is 24.7. The Morgan fingerprint density at radius 2 is 1.06 bits per heavy atom. The quantitative estimate of drug-likeness (QED) is 0.190. The number of carboxylic acid groups (broad SMARTS) is 2. The number of phenols is 2. The van der Waals surface area contributed by atoms with E-state index in [0.717, 1.165) is 20.1 Å². The van der Waals surface area contributed by atoms with Crippen LogP contribution in [0.2, 0.25) is 0 Å². The van der Waals surface area contributed by atoms with Crippen LogP contribution in [0.25, 0.3) is 0 Å². The molecular formula is C23H24Br4O6. The van der Waals surface area contributed by atoms with Gasteiger partial charge in [0.25, 0.3) is 0 Å². The van der Waals surface area contributed by atoms with E-state index in [1.807, 2.05) is 12.1 Å². The first-order valence-corrected chi connectivity index (χ1v) is 12.3. The largest absolute Gasteiger partial charge is 0.508 e. The smallest absolute Gasteiger partial charge is 0.330 e. The van der Waals surface area contributed by atoms with Gasteiger partial charge in [0.1, 0.15) is 11.5 Å². The van der Waals surface area contributed by atoms with E-state index in [1.165, 1.54) is 13.8 Å². The minimum atomic E-state index is -0.935. The van der Waals surface area contributed by atoms with Crippen LogP contribution in [0.15, 0.2) is 66.5 Å². The van der Waals surface area contributed by atoms with E-state index in [0.29, 0.717) is 8.95 Å². The molecule has 0 unspecified atom stereocenters. The van der Waals surface area contributed by atoms with Crippen molar-refractivity contribution in [1.29, 1.82) is 0 Å². The Hall–Kier alpha value is -1.62. The maximum absolute atomic E-state index is 10.1. The second-order valence-electron chi connectivity index (χ2n) is 7.32. The number of halogens is 4. The third-order valence-electron chi connectivity index (χ3n) is 4.18. The third-order valence-corrected chi connectivity index (χ3v) is 8.38. The van der Waals surface area contributed by atoms with Gasteiger partial charge in [0.05, 0.1) is 8.95 Å². The van der Waals surface area contributed by atoms with Crippen molar-refractivity contribution in [2.45, 2.75) is 33.1 Å². The van der Waals surface area contributed by atoms with E-state index in [4.69, 9.17) is 10.2 Å². The average molecular weight is 716 g/mol. The number of benzene rings is 2. The molecule has 0 saturated heterocycles. The van der Waals surface area contributed by atoms with Gasteiger partial charge in [0.15, 0.2) is 0 Å². The van der Waals surface area contributed by atoms with Crippen molar-refractivity contribution in [3.8, 4) is 11.5 Å². The molecule has 0 aliphatic heterocycles. The van der Waals surface area contributed by atoms with Gasteiger partial charge in [0.2, 0.25) is 0 Å². The predicted molar refractivity (Wildman–Crippen MR) is 144 cm³/mol. The lowest BCUT2D eigenvalue weighted by Crippen LogP contribution is -2.20. The average Bonchev–Trinajstić information content (AvgIpc) is 2.71. The molecule has 0 spiro atoms. The molecule has 0 aliphatic rings. The molecule has 6 nitrogen and oxygen atoms in total. The van der Waals surface area contributed by atoms with Crippen LogP contribution < -0.4 is 0 Å². The topological polar surface area (TPSA) is 115 Å². The molecule has 2 rings (SSSR count). The molecule has 10 heteroatoms. The number of rotatable bonds is 4. The van der Waals surface area contributed by atoms with Crippen molar-refractivity contribution in [2.24, 2.45) is 0 Å². The highest BCUT2D eigenvalue weighted by atomic mass is 79.9. The van der Waals surface area contributed by atoms with Gasteiger partial charge >= 0.3 is 11.9 Å². The van der Waals surface area contributed by atoms with E-state index >= 15 is 0 Å². The monoisotopic (exact) mass is 712 g/mol. The first kappa shape index (κ1) is 31.4. The summed E-state index contributed by atoms with van der Waals surface area (Å²) < 4.78 is 2.76. The molecule has 2 aromatic carbocycles. The summed E-state index contributed by atoms with van der Waals surface area (Å²) >= 11 is 13.9. The molecule has 0 aliphatic carbocycles. The van der Waals surface area contributed by atoms with Crippen LogP contribution in [-0.2, 0) is 15.0 Å². The number of aliphatic carboxylic acids is 2. The van der Waals surface area contributed by atoms with Crippen LogP contribution in [0, 0.1) is 0 Å². The molecule has 0 fully saturated rings. The zero-order valence-electron chi connectivity index (χ0n) is 18.3. The molecule has 0 saturated carbocycles. The molecular weight excluding hydrogens is 692 g/mol. The minimum Gasteiger partial charge on any atom is -0.508 e. The zero-order chi connectivity index (χ0) is 26.3. The van der Waals surface area contributed by atoms with Crippen LogP contribution in [0.1, 0.15) is 38.8 Å². The lowest BCUT2D eigenvalue weighted by Gasteiger charge is -2.30. The van der Waals surface area contributed by atoms with Gasteiger partial charge in [0, 0.05) is 25.5 Å². The molecule has 4 N–H and O–H groups in total. The van der Waals surface area contributed by atoms with Gasteiger partial charge < -0.3 is 20.4 Å². The van der Waals surface area contributed by atoms with E-state index in [-0.39, 0.29) is 28.1 Å². The van der Waals surface area contributed by atoms with Gasteiger partial charge in [-0.3, -0.25) is 0 Å². The Balaban J connectivity index is 0.000000705. The number of carbonyl (C=O) groups is 2. The summed E-state index contributed by atoms with van der Waals surface area (Å²) in [6.07, 6.45) is 0. The van der Waals surface area contributed by atoms with Crippen molar-refractivity contribution >= 4 is 75.7 Å². The number of carboxylic acids is 2. The van der Waals surface area contributed by atoms with E-state index < -0.39 is 11.9 Å². The van der Waals surface area contributed by atoms with Crippen molar-refractivity contribution < 1.29 is 30.0 Å². The maximum atomic E-state index is 10.1. The Labute approximate surface area is 226 Å². The first-order valence-electron chi connectivity index (χ1n) is 9.09. The molecule has 2 aromatic rings. The highest BCUT2D eigenvalue weighted by Gasteiger charge is 2.31. The fourth-order valence-electron chi connectivity index (χ4n) is 2.19. The molecule has 33 heavy (non-hydrogen) atoms. The standard InChI is InChI=1S/C15H12Br4O2.2C4H6O2/c1-15(2,7-3-5-8(20)6-4-7)9-10(16)12(18)14(21)13(19)11(9)17;2*1-3(2)4(5)6/h3-6,20-21H,1-2H3;2*1H2,2H3,(H,5,6). The summed E-state index contributed by atoms with van der Waals surface area (Å²) in [6, 6.07) is 7.12. The molecule has 0 amide bonds. The van der Waals surface area contributed by atoms with E-state index in [1.54, 1.807) is 12.1 Å². The number of hydrogen-bond acceptors (Lipinski definition) is 4. The number of aromatic hydroxyl groups is 2. The lowest BCUT2D eigenvalue weighted by molar-refractivity contribution is -0.133. The van der Waals surface area contributed by atoms with Gasteiger partial charge in [-0.25, -0.2) is 9.59 Å². The second kappa shape index (κ2) is 13.3. The lowest BCUT2D eigenvalue weighted by atomic mass is 9.78. The SMILES string of the molecule is C=C(C)C(=O)O.C=C(C)C(=O)O.CC(C)(c1ccc(O)cc1)c1c(Br)c(Br)c(O)c(Br)c1Br. The number of phenolic OH excluding ortho intramolecular Hbond substituents is 2. The Morgan fingerprint density at radius 3 is 1.33 bits per heavy atom. The first-order chi connectivity index (χ1) is 15.0. The van der Waals surface area contributed by atoms with Crippen molar-refractivity contribution in [1.82, 2.24) is 0 Å². The van der Waals surface area contributed by atoms with E-state index in [9.17, 15) is 19.8 Å². The summed E-state index contributed by atoms with van der Waals surface area (Å²) in [5, 5.41) is 35.3. The van der Waals surface area contributed by atoms with Crippen LogP contribution in [-0.4, -0.2) is 32.4 Å². The highest BCUT2D eigenvalue weighted by Crippen LogP contribution is 2.51. The molecule has 0 atom stereocenters. The van der Waals surface area contributed by atoms with Gasteiger partial charge in [-0.2, -0.15) is 0 Å². The minimum absolute atomic E-state index is 0.138. The highest BCUT2D eigenvalue weighted by molar-refractivity contribution is 9.14. The summed E-state index contributed by atoms with van der Waals surface area (Å²) in [7, 11) is 0. The normalized spacial score (nSPS) is 10.2. The Kier molecular flexibility index (Phi) is 12.7. The van der Waals surface area contributed by atoms with Crippen molar-refractivity contribution in [3.63, 3.8) is 0 Å². The molecule has 0 heterocycles. The summed E-state index contributed by atoms with van der Waals surface area (Å²) in [4.78, 5) is 19.2. The van der Waals surface area contributed by atoms with Crippen LogP contribution in [0.3, 0.4) is 0 Å². The van der Waals surface area contributed by atoms with E-state index in [2.05, 4.69) is 90.7 Å². The Morgan fingerprint density at radius 1 is 0.758 bits per heavy atom. The van der Waals surface area contributed by atoms with Crippen LogP contribution >= 0.6 is 63.7 Å². The Bertz CT molecular complexity index is 983. The third kappa shape index (κ3) is 8.92. The van der Waals surface area contributed by atoms with Crippen LogP contribution in [0.4, 0.5) is 0 Å². The van der Waals surface area contributed by atoms with Gasteiger partial charge in [-0.1, -0.05) is 39.1 Å².